The molecule has 18 heavy (non-hydrogen) atoms. The third-order valence-electron chi connectivity index (χ3n) is 4.17. The highest BCUT2D eigenvalue weighted by molar-refractivity contribution is 7.07. The van der Waals surface area contributed by atoms with Crippen LogP contribution in [-0.2, 0) is 0 Å². The zero-order valence-corrected chi connectivity index (χ0v) is 12.7. The minimum Gasteiger partial charge on any atom is -0.314 e. The predicted octanol–water partition coefficient (Wildman–Crippen LogP) is 3.52. The summed E-state index contributed by atoms with van der Waals surface area (Å²) in [5, 5.41) is 8.16. The van der Waals surface area contributed by atoms with Gasteiger partial charge in [0.05, 0.1) is 0 Å². The van der Waals surface area contributed by atoms with E-state index in [4.69, 9.17) is 0 Å². The highest BCUT2D eigenvalue weighted by Gasteiger charge is 2.28. The summed E-state index contributed by atoms with van der Waals surface area (Å²) in [7, 11) is 0. The molecule has 0 spiro atoms. The molecule has 0 amide bonds. The van der Waals surface area contributed by atoms with E-state index in [1.807, 2.05) is 0 Å². The molecule has 0 aliphatic carbocycles. The number of hydrogen-bond donors (Lipinski definition) is 1. The Morgan fingerprint density at radius 3 is 3.00 bits per heavy atom. The molecule has 1 saturated heterocycles. The topological polar surface area (TPSA) is 15.3 Å². The molecule has 3 heteroatoms. The third-order valence-corrected chi connectivity index (χ3v) is 4.87. The SMILES string of the molecule is CCCNC1CCN(C(C)c2ccsc2)CC1C. The van der Waals surface area contributed by atoms with E-state index in [9.17, 15) is 0 Å². The van der Waals surface area contributed by atoms with Gasteiger partial charge in [-0.2, -0.15) is 11.3 Å². The van der Waals surface area contributed by atoms with E-state index in [1.165, 1.54) is 31.5 Å². The summed E-state index contributed by atoms with van der Waals surface area (Å²) < 4.78 is 0. The van der Waals surface area contributed by atoms with Crippen molar-refractivity contribution in [3.05, 3.63) is 22.4 Å². The van der Waals surface area contributed by atoms with Gasteiger partial charge in [0.1, 0.15) is 0 Å². The molecule has 1 aromatic heterocycles. The van der Waals surface area contributed by atoms with Gasteiger partial charge in [-0.3, -0.25) is 4.90 Å². The molecule has 1 N–H and O–H groups in total. The van der Waals surface area contributed by atoms with Gasteiger partial charge in [0.2, 0.25) is 0 Å². The maximum atomic E-state index is 3.69. The van der Waals surface area contributed by atoms with Crippen LogP contribution in [0, 0.1) is 5.92 Å². The van der Waals surface area contributed by atoms with Crippen LogP contribution in [-0.4, -0.2) is 30.6 Å². The van der Waals surface area contributed by atoms with Crippen LogP contribution in [0.3, 0.4) is 0 Å². The fraction of sp³-hybridized carbons (Fsp3) is 0.733. The second-order valence-corrected chi connectivity index (χ2v) is 6.33. The first-order valence-electron chi connectivity index (χ1n) is 7.22. The molecule has 1 aliphatic rings. The molecular weight excluding hydrogens is 240 g/mol. The third kappa shape index (κ3) is 3.34. The van der Waals surface area contributed by atoms with E-state index >= 15 is 0 Å². The van der Waals surface area contributed by atoms with Gasteiger partial charge in [0.25, 0.3) is 0 Å². The smallest absolute Gasteiger partial charge is 0.0328 e. The average Bonchev–Trinajstić information content (AvgIpc) is 2.90. The molecule has 1 aliphatic heterocycles. The molecule has 2 nitrogen and oxygen atoms in total. The number of piperidine rings is 1. The number of nitrogens with zero attached hydrogens (tertiary/aromatic N) is 1. The van der Waals surface area contributed by atoms with Crippen LogP contribution in [0.2, 0.25) is 0 Å². The van der Waals surface area contributed by atoms with Crippen LogP contribution in [0.1, 0.15) is 45.2 Å². The van der Waals surface area contributed by atoms with Gasteiger partial charge in [0.15, 0.2) is 0 Å². The van der Waals surface area contributed by atoms with E-state index in [2.05, 4.69) is 47.8 Å². The number of nitrogens with one attached hydrogen (secondary N) is 1. The van der Waals surface area contributed by atoms with Crippen molar-refractivity contribution in [1.82, 2.24) is 10.2 Å². The Bertz CT molecular complexity index is 336. The van der Waals surface area contributed by atoms with Crippen molar-refractivity contribution in [2.75, 3.05) is 19.6 Å². The lowest BCUT2D eigenvalue weighted by molar-refractivity contribution is 0.111. The summed E-state index contributed by atoms with van der Waals surface area (Å²) in [6.45, 7) is 10.6. The molecule has 2 heterocycles. The van der Waals surface area contributed by atoms with Gasteiger partial charge in [-0.1, -0.05) is 13.8 Å². The molecule has 0 radical (unpaired) electrons. The highest BCUT2D eigenvalue weighted by Crippen LogP contribution is 2.27. The second kappa shape index (κ2) is 6.69. The Hall–Kier alpha value is -0.380. The van der Waals surface area contributed by atoms with E-state index in [0.717, 1.165) is 18.5 Å². The van der Waals surface area contributed by atoms with Gasteiger partial charge < -0.3 is 5.32 Å². The van der Waals surface area contributed by atoms with Crippen molar-refractivity contribution in [2.45, 2.75) is 45.7 Å². The highest BCUT2D eigenvalue weighted by atomic mass is 32.1. The molecule has 0 aromatic carbocycles. The molecule has 3 atom stereocenters. The van der Waals surface area contributed by atoms with Crippen LogP contribution < -0.4 is 5.32 Å². The van der Waals surface area contributed by atoms with Crippen LogP contribution in [0.15, 0.2) is 16.8 Å². The first-order chi connectivity index (χ1) is 8.72. The normalized spacial score (nSPS) is 27.3. The zero-order chi connectivity index (χ0) is 13.0. The standard InChI is InChI=1S/C15H26N2S/c1-4-7-16-15-5-8-17(10-12(15)2)13(3)14-6-9-18-11-14/h6,9,11-13,15-16H,4-5,7-8,10H2,1-3H3. The first-order valence-corrected chi connectivity index (χ1v) is 8.16. The van der Waals surface area contributed by atoms with Crippen LogP contribution >= 0.6 is 11.3 Å². The summed E-state index contributed by atoms with van der Waals surface area (Å²) in [6.07, 6.45) is 2.52. The number of hydrogen-bond acceptors (Lipinski definition) is 3. The average molecular weight is 266 g/mol. The van der Waals surface area contributed by atoms with Crippen molar-refractivity contribution in [3.8, 4) is 0 Å². The van der Waals surface area contributed by atoms with E-state index in [0.29, 0.717) is 6.04 Å². The van der Waals surface area contributed by atoms with E-state index < -0.39 is 0 Å². The van der Waals surface area contributed by atoms with Crippen LogP contribution in [0.25, 0.3) is 0 Å². The maximum absolute atomic E-state index is 3.69. The first kappa shape index (κ1) is 14.0. The van der Waals surface area contributed by atoms with Gasteiger partial charge >= 0.3 is 0 Å². The van der Waals surface area contributed by atoms with Crippen molar-refractivity contribution >= 4 is 11.3 Å². The molecule has 102 valence electrons. The molecule has 2 rings (SSSR count). The summed E-state index contributed by atoms with van der Waals surface area (Å²) >= 11 is 1.81. The molecule has 0 bridgehead atoms. The van der Waals surface area contributed by atoms with Crippen LogP contribution in [0.5, 0.6) is 0 Å². The van der Waals surface area contributed by atoms with E-state index in [-0.39, 0.29) is 0 Å². The van der Waals surface area contributed by atoms with Gasteiger partial charge in [-0.25, -0.2) is 0 Å². The lowest BCUT2D eigenvalue weighted by atomic mass is 9.92. The summed E-state index contributed by atoms with van der Waals surface area (Å²) in [4.78, 5) is 2.64. The minimum atomic E-state index is 0.575. The summed E-state index contributed by atoms with van der Waals surface area (Å²) in [5.74, 6) is 0.756. The Morgan fingerprint density at radius 2 is 2.39 bits per heavy atom. The van der Waals surface area contributed by atoms with Gasteiger partial charge in [-0.15, -0.1) is 0 Å². The maximum Gasteiger partial charge on any atom is 0.0328 e. The quantitative estimate of drug-likeness (QED) is 0.877. The second-order valence-electron chi connectivity index (χ2n) is 5.55. The number of thiophene rings is 1. The number of likely N-dealkylation sites (tertiary alicyclic amines) is 1. The van der Waals surface area contributed by atoms with Gasteiger partial charge in [-0.05, 0) is 54.6 Å². The fourth-order valence-corrected chi connectivity index (χ4v) is 3.63. The van der Waals surface area contributed by atoms with Gasteiger partial charge in [0, 0.05) is 25.2 Å². The van der Waals surface area contributed by atoms with Crippen molar-refractivity contribution < 1.29 is 0 Å². The van der Waals surface area contributed by atoms with Crippen molar-refractivity contribution in [3.63, 3.8) is 0 Å². The lowest BCUT2D eigenvalue weighted by Gasteiger charge is -2.40. The van der Waals surface area contributed by atoms with Crippen LogP contribution in [0.4, 0.5) is 0 Å². The number of rotatable bonds is 5. The predicted molar refractivity (Wildman–Crippen MR) is 80.2 cm³/mol. The Balaban J connectivity index is 1.87. The minimum absolute atomic E-state index is 0.575. The Morgan fingerprint density at radius 1 is 1.56 bits per heavy atom. The van der Waals surface area contributed by atoms with Crippen molar-refractivity contribution in [1.29, 1.82) is 0 Å². The largest absolute Gasteiger partial charge is 0.314 e. The Kier molecular flexibility index (Phi) is 5.22. The molecule has 1 fully saturated rings. The molecule has 0 saturated carbocycles. The zero-order valence-electron chi connectivity index (χ0n) is 11.9. The molecular formula is C15H26N2S. The molecule has 3 unspecified atom stereocenters. The fourth-order valence-electron chi connectivity index (χ4n) is 2.89. The Labute approximate surface area is 115 Å². The van der Waals surface area contributed by atoms with E-state index in [1.54, 1.807) is 11.3 Å². The molecule has 1 aromatic rings. The summed E-state index contributed by atoms with van der Waals surface area (Å²) in [5.41, 5.74) is 1.48. The van der Waals surface area contributed by atoms with Crippen molar-refractivity contribution in [2.24, 2.45) is 5.92 Å². The lowest BCUT2D eigenvalue weighted by Crippen LogP contribution is -2.49. The summed E-state index contributed by atoms with van der Waals surface area (Å²) in [6, 6.07) is 3.56. The monoisotopic (exact) mass is 266 g/mol.